The number of amides is 2. The second-order valence-corrected chi connectivity index (χ2v) is 6.15. The zero-order valence-corrected chi connectivity index (χ0v) is 14.9. The first-order valence-corrected chi connectivity index (χ1v) is 8.14. The Hall–Kier alpha value is -3.06. The van der Waals surface area contributed by atoms with Crippen LogP contribution in [0.2, 0.25) is 5.02 Å². The van der Waals surface area contributed by atoms with E-state index in [1.165, 1.54) is 18.0 Å². The van der Waals surface area contributed by atoms with Crippen LogP contribution in [0.25, 0.3) is 11.3 Å². The fourth-order valence-electron chi connectivity index (χ4n) is 2.31. The van der Waals surface area contributed by atoms with E-state index in [1.54, 1.807) is 31.2 Å². The molecule has 3 aromatic rings. The van der Waals surface area contributed by atoms with Gasteiger partial charge in [-0.25, -0.2) is 0 Å². The number of carbonyl (C=O) groups is 2. The van der Waals surface area contributed by atoms with Crippen LogP contribution < -0.4 is 5.32 Å². The maximum atomic E-state index is 12.2. The van der Waals surface area contributed by atoms with Crippen molar-refractivity contribution >= 4 is 29.2 Å². The molecule has 0 atom stereocenters. The molecule has 134 valence electrons. The lowest BCUT2D eigenvalue weighted by Crippen LogP contribution is -2.36. The average Bonchev–Trinajstić information content (AvgIpc) is 3.24. The number of hydrogen-bond donors (Lipinski definition) is 1. The third-order valence-electron chi connectivity index (χ3n) is 3.59. The molecule has 0 fully saturated rings. The van der Waals surface area contributed by atoms with E-state index in [0.29, 0.717) is 22.3 Å². The van der Waals surface area contributed by atoms with Gasteiger partial charge in [0.05, 0.1) is 6.54 Å². The van der Waals surface area contributed by atoms with Crippen molar-refractivity contribution in [3.63, 3.8) is 0 Å². The van der Waals surface area contributed by atoms with Gasteiger partial charge in [-0.05, 0) is 43.3 Å². The summed E-state index contributed by atoms with van der Waals surface area (Å²) in [4.78, 5) is 25.4. The van der Waals surface area contributed by atoms with E-state index >= 15 is 0 Å². The molecule has 0 radical (unpaired) electrons. The SMILES string of the molecule is Cc1cc(NC(=O)C(=O)N(C)Cc2ccc(-c3ccc(Cl)cc3)o2)no1. The Morgan fingerprint density at radius 3 is 2.58 bits per heavy atom. The number of aromatic nitrogens is 1. The summed E-state index contributed by atoms with van der Waals surface area (Å²) < 4.78 is 10.6. The number of anilines is 1. The molecule has 2 aromatic heterocycles. The van der Waals surface area contributed by atoms with E-state index in [4.69, 9.17) is 20.5 Å². The zero-order chi connectivity index (χ0) is 18.7. The number of nitrogens with one attached hydrogen (secondary N) is 1. The Morgan fingerprint density at radius 1 is 1.19 bits per heavy atom. The van der Waals surface area contributed by atoms with Crippen LogP contribution in [0.4, 0.5) is 5.82 Å². The van der Waals surface area contributed by atoms with Gasteiger partial charge in [-0.1, -0.05) is 16.8 Å². The fourth-order valence-corrected chi connectivity index (χ4v) is 2.43. The summed E-state index contributed by atoms with van der Waals surface area (Å²) >= 11 is 5.87. The van der Waals surface area contributed by atoms with Crippen LogP contribution in [0.1, 0.15) is 11.5 Å². The van der Waals surface area contributed by atoms with Crippen molar-refractivity contribution in [1.29, 1.82) is 0 Å². The number of hydrogen-bond acceptors (Lipinski definition) is 5. The van der Waals surface area contributed by atoms with Gasteiger partial charge in [0.25, 0.3) is 0 Å². The molecule has 8 heteroatoms. The Kier molecular flexibility index (Phi) is 5.09. The lowest BCUT2D eigenvalue weighted by atomic mass is 10.2. The molecule has 3 rings (SSSR count). The van der Waals surface area contributed by atoms with Crippen molar-refractivity contribution in [3.8, 4) is 11.3 Å². The van der Waals surface area contributed by atoms with Gasteiger partial charge >= 0.3 is 11.8 Å². The third-order valence-corrected chi connectivity index (χ3v) is 3.85. The van der Waals surface area contributed by atoms with Crippen molar-refractivity contribution in [3.05, 3.63) is 59.0 Å². The highest BCUT2D eigenvalue weighted by Crippen LogP contribution is 2.24. The van der Waals surface area contributed by atoms with Crippen LogP contribution in [0.3, 0.4) is 0 Å². The minimum Gasteiger partial charge on any atom is -0.459 e. The zero-order valence-electron chi connectivity index (χ0n) is 14.2. The van der Waals surface area contributed by atoms with Gasteiger partial charge in [-0.3, -0.25) is 14.9 Å². The monoisotopic (exact) mass is 373 g/mol. The maximum Gasteiger partial charge on any atom is 0.315 e. The molecule has 0 saturated carbocycles. The number of halogens is 1. The van der Waals surface area contributed by atoms with Crippen LogP contribution in [-0.2, 0) is 16.1 Å². The largest absolute Gasteiger partial charge is 0.459 e. The highest BCUT2D eigenvalue weighted by Gasteiger charge is 2.21. The van der Waals surface area contributed by atoms with Crippen LogP contribution in [0.5, 0.6) is 0 Å². The van der Waals surface area contributed by atoms with E-state index in [9.17, 15) is 9.59 Å². The predicted molar refractivity (Wildman–Crippen MR) is 95.5 cm³/mol. The number of carbonyl (C=O) groups excluding carboxylic acids is 2. The molecule has 2 heterocycles. The van der Waals surface area contributed by atoms with Crippen LogP contribution in [0.15, 0.2) is 51.4 Å². The van der Waals surface area contributed by atoms with Crippen molar-refractivity contribution in [1.82, 2.24) is 10.1 Å². The van der Waals surface area contributed by atoms with E-state index in [0.717, 1.165) is 5.56 Å². The molecule has 1 N–H and O–H groups in total. The number of rotatable bonds is 4. The smallest absolute Gasteiger partial charge is 0.315 e. The van der Waals surface area contributed by atoms with E-state index in [2.05, 4.69) is 10.5 Å². The molecule has 0 unspecified atom stereocenters. The minimum atomic E-state index is -0.801. The lowest BCUT2D eigenvalue weighted by Gasteiger charge is -2.14. The van der Waals surface area contributed by atoms with Crippen LogP contribution in [0, 0.1) is 6.92 Å². The molecule has 1 aromatic carbocycles. The Labute approximate surface area is 154 Å². The average molecular weight is 374 g/mol. The molecule has 0 saturated heterocycles. The maximum absolute atomic E-state index is 12.2. The number of nitrogens with zero attached hydrogens (tertiary/aromatic N) is 2. The molecule has 0 aliphatic rings. The molecule has 0 spiro atoms. The van der Waals surface area contributed by atoms with Gasteiger partial charge < -0.3 is 13.8 Å². The van der Waals surface area contributed by atoms with Crippen molar-refractivity contribution < 1.29 is 18.5 Å². The second-order valence-electron chi connectivity index (χ2n) is 5.71. The summed E-state index contributed by atoms with van der Waals surface area (Å²) in [5.41, 5.74) is 0.869. The predicted octanol–water partition coefficient (Wildman–Crippen LogP) is 3.49. The molecular formula is C18H16ClN3O4. The Morgan fingerprint density at radius 2 is 1.92 bits per heavy atom. The minimum absolute atomic E-state index is 0.150. The second kappa shape index (κ2) is 7.45. The lowest BCUT2D eigenvalue weighted by molar-refractivity contribution is -0.142. The van der Waals surface area contributed by atoms with Gasteiger partial charge in [0.2, 0.25) is 0 Å². The molecular weight excluding hydrogens is 358 g/mol. The van der Waals surface area contributed by atoms with Crippen molar-refractivity contribution in [2.24, 2.45) is 0 Å². The van der Waals surface area contributed by atoms with E-state index in [1.807, 2.05) is 12.1 Å². The summed E-state index contributed by atoms with van der Waals surface area (Å²) in [6.07, 6.45) is 0. The number of furan rings is 1. The molecule has 0 bridgehead atoms. The van der Waals surface area contributed by atoms with Gasteiger partial charge in [0.1, 0.15) is 17.3 Å². The Bertz CT molecular complexity index is 930. The third kappa shape index (κ3) is 4.12. The quantitative estimate of drug-likeness (QED) is 0.707. The van der Waals surface area contributed by atoms with Crippen LogP contribution >= 0.6 is 11.6 Å². The van der Waals surface area contributed by atoms with Gasteiger partial charge in [0, 0.05) is 23.7 Å². The number of likely N-dealkylation sites (N-methyl/N-ethyl adjacent to an activating group) is 1. The first-order chi connectivity index (χ1) is 12.4. The molecule has 26 heavy (non-hydrogen) atoms. The Balaban J connectivity index is 1.62. The summed E-state index contributed by atoms with van der Waals surface area (Å²) in [6.45, 7) is 1.84. The summed E-state index contributed by atoms with van der Waals surface area (Å²) in [7, 11) is 1.51. The highest BCUT2D eigenvalue weighted by atomic mass is 35.5. The van der Waals surface area contributed by atoms with Gasteiger partial charge in [-0.15, -0.1) is 0 Å². The summed E-state index contributed by atoms with van der Waals surface area (Å²) in [5.74, 6) is 0.417. The fraction of sp³-hybridized carbons (Fsp3) is 0.167. The van der Waals surface area contributed by atoms with E-state index < -0.39 is 11.8 Å². The van der Waals surface area contributed by atoms with Crippen molar-refractivity contribution in [2.75, 3.05) is 12.4 Å². The summed E-state index contributed by atoms with van der Waals surface area (Å²) in [6, 6.07) is 12.3. The first kappa shape index (κ1) is 17.8. The topological polar surface area (TPSA) is 88.6 Å². The number of aryl methyl sites for hydroxylation is 1. The number of benzene rings is 1. The molecule has 7 nitrogen and oxygen atoms in total. The standard InChI is InChI=1S/C18H16ClN3O4/c1-11-9-16(21-26-11)20-17(23)18(24)22(2)10-14-7-8-15(25-14)12-3-5-13(19)6-4-12/h3-9H,10H2,1-2H3,(H,20,21,23). The molecule has 2 amide bonds. The van der Waals surface area contributed by atoms with Crippen LogP contribution in [-0.4, -0.2) is 28.9 Å². The van der Waals surface area contributed by atoms with Gasteiger partial charge in [0.15, 0.2) is 5.82 Å². The summed E-state index contributed by atoms with van der Waals surface area (Å²) in [5, 5.41) is 6.64. The van der Waals surface area contributed by atoms with E-state index in [-0.39, 0.29) is 12.4 Å². The van der Waals surface area contributed by atoms with Crippen molar-refractivity contribution in [2.45, 2.75) is 13.5 Å². The molecule has 0 aliphatic heterocycles. The molecule has 0 aliphatic carbocycles. The normalized spacial score (nSPS) is 10.6. The highest BCUT2D eigenvalue weighted by molar-refractivity contribution is 6.39. The van der Waals surface area contributed by atoms with Gasteiger partial charge in [-0.2, -0.15) is 0 Å². The first-order valence-electron chi connectivity index (χ1n) is 7.77.